The van der Waals surface area contributed by atoms with Gasteiger partial charge in [-0.2, -0.15) is 0 Å². The Balaban J connectivity index is 3.06. The molecule has 0 bridgehead atoms. The molecule has 1 heterocycles. The number of aromatic carboxylic acids is 1. The normalized spacial score (nSPS) is 12.6. The van der Waals surface area contributed by atoms with Crippen molar-refractivity contribution in [3.05, 3.63) is 37.6 Å². The van der Waals surface area contributed by atoms with Gasteiger partial charge in [0.15, 0.2) is 0 Å². The van der Waals surface area contributed by atoms with Gasteiger partial charge in [0.05, 0.1) is 29.1 Å². The highest BCUT2D eigenvalue weighted by Crippen LogP contribution is 2.43. The third-order valence-corrected chi connectivity index (χ3v) is 5.26. The van der Waals surface area contributed by atoms with Gasteiger partial charge in [-0.1, -0.05) is 13.8 Å². The number of halogens is 1. The van der Waals surface area contributed by atoms with E-state index in [-0.39, 0.29) is 29.4 Å². The third-order valence-electron chi connectivity index (χ3n) is 4.31. The van der Waals surface area contributed by atoms with Crippen LogP contribution in [0.15, 0.2) is 15.5 Å². The van der Waals surface area contributed by atoms with E-state index in [4.69, 9.17) is 4.74 Å². The summed E-state index contributed by atoms with van der Waals surface area (Å²) in [4.78, 5) is 26.9. The number of hydrogen-bond acceptors (Lipinski definition) is 4. The molecule has 6 nitrogen and oxygen atoms in total. The summed E-state index contributed by atoms with van der Waals surface area (Å²) in [7, 11) is 1.52. The fraction of sp³-hybridized carbons (Fsp3) is 0.412. The molecule has 0 saturated carbocycles. The zero-order chi connectivity index (χ0) is 18.2. The monoisotopic (exact) mass is 397 g/mol. The zero-order valence-corrected chi connectivity index (χ0v) is 15.5. The van der Waals surface area contributed by atoms with E-state index in [9.17, 15) is 19.8 Å². The molecule has 0 amide bonds. The number of carbonyl (C=O) groups is 1. The number of ether oxygens (including phenoxy) is 1. The van der Waals surface area contributed by atoms with Crippen molar-refractivity contribution in [1.82, 2.24) is 4.98 Å². The van der Waals surface area contributed by atoms with Crippen molar-refractivity contribution in [3.8, 4) is 5.75 Å². The first kappa shape index (κ1) is 18.5. The van der Waals surface area contributed by atoms with E-state index in [1.165, 1.54) is 13.3 Å². The Hall–Kier alpha value is -1.86. The van der Waals surface area contributed by atoms with Crippen LogP contribution in [-0.4, -0.2) is 34.9 Å². The highest BCUT2D eigenvalue weighted by Gasteiger charge is 2.28. The number of H-pyrrole nitrogens is 1. The molecule has 1 atom stereocenters. The predicted octanol–water partition coefficient (Wildman–Crippen LogP) is 3.04. The number of fused-ring (bicyclic) bond motifs is 1. The van der Waals surface area contributed by atoms with Crippen molar-refractivity contribution >= 4 is 32.8 Å². The van der Waals surface area contributed by atoms with Gasteiger partial charge in [0.25, 0.3) is 0 Å². The Morgan fingerprint density at radius 2 is 2.04 bits per heavy atom. The number of aliphatic hydroxyl groups is 1. The molecule has 1 unspecified atom stereocenters. The minimum Gasteiger partial charge on any atom is -0.495 e. The topological polar surface area (TPSA) is 99.6 Å². The van der Waals surface area contributed by atoms with E-state index < -0.39 is 11.4 Å². The zero-order valence-electron chi connectivity index (χ0n) is 13.9. The number of rotatable bonds is 5. The van der Waals surface area contributed by atoms with Crippen molar-refractivity contribution in [2.75, 3.05) is 13.7 Å². The SMILES string of the molecule is COc1c(Br)c(C)c2c(=O)c(C(=O)O)c[nH]c2c1C(CO)C(C)C. The molecular formula is C17H20BrNO5. The second kappa shape index (κ2) is 6.94. The maximum Gasteiger partial charge on any atom is 0.341 e. The number of nitrogens with one attached hydrogen (secondary N) is 1. The minimum absolute atomic E-state index is 0.0874. The Morgan fingerprint density at radius 3 is 2.50 bits per heavy atom. The first-order valence-electron chi connectivity index (χ1n) is 7.51. The van der Waals surface area contributed by atoms with Gasteiger partial charge >= 0.3 is 5.97 Å². The van der Waals surface area contributed by atoms with Crippen LogP contribution in [-0.2, 0) is 0 Å². The highest BCUT2D eigenvalue weighted by atomic mass is 79.9. The maximum absolute atomic E-state index is 12.7. The van der Waals surface area contributed by atoms with Crippen molar-refractivity contribution in [2.24, 2.45) is 5.92 Å². The van der Waals surface area contributed by atoms with Crippen LogP contribution < -0.4 is 10.2 Å². The number of carboxylic acids is 1. The lowest BCUT2D eigenvalue weighted by atomic mass is 9.85. The molecule has 0 aliphatic rings. The molecular weight excluding hydrogens is 378 g/mol. The molecule has 1 aromatic heterocycles. The molecule has 0 spiro atoms. The van der Waals surface area contributed by atoms with Crippen LogP contribution in [0.5, 0.6) is 5.75 Å². The molecule has 0 radical (unpaired) electrons. The summed E-state index contributed by atoms with van der Waals surface area (Å²) in [5, 5.41) is 19.3. The summed E-state index contributed by atoms with van der Waals surface area (Å²) in [5.74, 6) is -0.935. The number of aliphatic hydroxyl groups excluding tert-OH is 1. The number of aryl methyl sites for hydroxylation is 1. The average molecular weight is 398 g/mol. The minimum atomic E-state index is -1.28. The molecule has 7 heteroatoms. The maximum atomic E-state index is 12.7. The first-order valence-corrected chi connectivity index (χ1v) is 8.30. The average Bonchev–Trinajstić information content (AvgIpc) is 2.52. The lowest BCUT2D eigenvalue weighted by molar-refractivity contribution is 0.0695. The molecule has 24 heavy (non-hydrogen) atoms. The van der Waals surface area contributed by atoms with Gasteiger partial charge in [-0.15, -0.1) is 0 Å². The number of hydrogen-bond donors (Lipinski definition) is 3. The quantitative estimate of drug-likeness (QED) is 0.719. The largest absolute Gasteiger partial charge is 0.495 e. The second-order valence-electron chi connectivity index (χ2n) is 6.01. The van der Waals surface area contributed by atoms with Crippen LogP contribution in [0.4, 0.5) is 0 Å². The second-order valence-corrected chi connectivity index (χ2v) is 6.80. The Labute approximate surface area is 147 Å². The van der Waals surface area contributed by atoms with E-state index in [1.807, 2.05) is 13.8 Å². The van der Waals surface area contributed by atoms with Crippen LogP contribution in [0, 0.1) is 12.8 Å². The third kappa shape index (κ3) is 2.82. The van der Waals surface area contributed by atoms with Crippen LogP contribution in [0.25, 0.3) is 10.9 Å². The molecule has 130 valence electrons. The Kier molecular flexibility index (Phi) is 5.35. The summed E-state index contributed by atoms with van der Waals surface area (Å²) in [6.07, 6.45) is 1.19. The van der Waals surface area contributed by atoms with Crippen LogP contribution in [0.2, 0.25) is 0 Å². The van der Waals surface area contributed by atoms with E-state index in [0.717, 1.165) is 0 Å². The molecule has 2 aromatic rings. The molecule has 0 aliphatic heterocycles. The first-order chi connectivity index (χ1) is 11.3. The summed E-state index contributed by atoms with van der Waals surface area (Å²) < 4.78 is 6.10. The van der Waals surface area contributed by atoms with Gasteiger partial charge in [-0.25, -0.2) is 4.79 Å². The number of methoxy groups -OCH3 is 1. The number of carboxylic acid groups (broad SMARTS) is 1. The van der Waals surface area contributed by atoms with E-state index >= 15 is 0 Å². The number of benzene rings is 1. The smallest absolute Gasteiger partial charge is 0.341 e. The van der Waals surface area contributed by atoms with E-state index in [0.29, 0.717) is 26.9 Å². The lowest BCUT2D eigenvalue weighted by Crippen LogP contribution is -2.20. The number of aromatic nitrogens is 1. The summed E-state index contributed by atoms with van der Waals surface area (Å²) in [6, 6.07) is 0. The van der Waals surface area contributed by atoms with Crippen molar-refractivity contribution in [2.45, 2.75) is 26.7 Å². The summed E-state index contributed by atoms with van der Waals surface area (Å²) in [5.41, 5.74) is 0.875. The standard InChI is InChI=1S/C17H20BrNO5/c1-7(2)10(6-20)12-14-11(8(3)13(18)16(12)24-4)15(21)9(5-19-14)17(22)23/h5,7,10,20H,6H2,1-4H3,(H,19,21)(H,22,23). The Morgan fingerprint density at radius 1 is 1.42 bits per heavy atom. The van der Waals surface area contributed by atoms with Crippen LogP contribution in [0.3, 0.4) is 0 Å². The van der Waals surface area contributed by atoms with Gasteiger partial charge in [0.2, 0.25) is 5.43 Å². The van der Waals surface area contributed by atoms with Crippen LogP contribution >= 0.6 is 15.9 Å². The molecule has 0 saturated heterocycles. The lowest BCUT2D eigenvalue weighted by Gasteiger charge is -2.25. The fourth-order valence-corrected chi connectivity index (χ4v) is 3.53. The van der Waals surface area contributed by atoms with Gasteiger partial charge in [0, 0.05) is 17.7 Å². The molecule has 1 aromatic carbocycles. The highest BCUT2D eigenvalue weighted by molar-refractivity contribution is 9.10. The van der Waals surface area contributed by atoms with Gasteiger partial charge in [-0.05, 0) is 34.3 Å². The van der Waals surface area contributed by atoms with E-state index in [2.05, 4.69) is 20.9 Å². The van der Waals surface area contributed by atoms with Gasteiger partial charge in [0.1, 0.15) is 11.3 Å². The predicted molar refractivity (Wildman–Crippen MR) is 95.2 cm³/mol. The van der Waals surface area contributed by atoms with Crippen LogP contribution in [0.1, 0.15) is 41.3 Å². The number of pyridine rings is 1. The van der Waals surface area contributed by atoms with Crippen molar-refractivity contribution in [3.63, 3.8) is 0 Å². The fourth-order valence-electron chi connectivity index (χ4n) is 2.96. The van der Waals surface area contributed by atoms with Crippen molar-refractivity contribution in [1.29, 1.82) is 0 Å². The van der Waals surface area contributed by atoms with Gasteiger partial charge in [-0.3, -0.25) is 4.79 Å². The summed E-state index contributed by atoms with van der Waals surface area (Å²) in [6.45, 7) is 5.53. The molecule has 0 aliphatic carbocycles. The van der Waals surface area contributed by atoms with Crippen molar-refractivity contribution < 1.29 is 19.7 Å². The number of aromatic amines is 1. The Bertz CT molecular complexity index is 856. The molecule has 3 N–H and O–H groups in total. The molecule has 0 fully saturated rings. The van der Waals surface area contributed by atoms with Gasteiger partial charge < -0.3 is 19.9 Å². The summed E-state index contributed by atoms with van der Waals surface area (Å²) >= 11 is 3.45. The van der Waals surface area contributed by atoms with E-state index in [1.54, 1.807) is 6.92 Å². The molecule has 2 rings (SSSR count).